The maximum atomic E-state index is 12.4. The van der Waals surface area contributed by atoms with Crippen molar-refractivity contribution >= 4 is 5.91 Å². The van der Waals surface area contributed by atoms with Crippen LogP contribution in [-0.2, 0) is 11.3 Å². The highest BCUT2D eigenvalue weighted by Gasteiger charge is 2.31. The van der Waals surface area contributed by atoms with Gasteiger partial charge in [-0.2, -0.15) is 0 Å². The molecule has 1 fully saturated rings. The van der Waals surface area contributed by atoms with Crippen molar-refractivity contribution in [3.63, 3.8) is 0 Å². The average molecular weight is 324 g/mol. The minimum Gasteiger partial charge on any atom is -0.457 e. The number of para-hydroxylation sites is 1. The van der Waals surface area contributed by atoms with Gasteiger partial charge in [0.2, 0.25) is 5.91 Å². The van der Waals surface area contributed by atoms with E-state index >= 15 is 0 Å². The maximum Gasteiger partial charge on any atom is 0.223 e. The Bertz CT molecular complexity index is 672. The lowest BCUT2D eigenvalue weighted by Gasteiger charge is -2.17. The number of amides is 1. The first-order valence-electron chi connectivity index (χ1n) is 8.56. The monoisotopic (exact) mass is 324 g/mol. The van der Waals surface area contributed by atoms with Gasteiger partial charge in [0.15, 0.2) is 0 Å². The second-order valence-corrected chi connectivity index (χ2v) is 6.31. The molecule has 0 aliphatic heterocycles. The number of nitrogens with one attached hydrogen (secondary N) is 1. The zero-order chi connectivity index (χ0) is 16.8. The first-order chi connectivity index (χ1) is 11.8. The Hall–Kier alpha value is -2.33. The van der Waals surface area contributed by atoms with Gasteiger partial charge in [-0.1, -0.05) is 36.8 Å². The lowest BCUT2D eigenvalue weighted by Crippen LogP contribution is -2.34. The van der Waals surface area contributed by atoms with E-state index in [9.17, 15) is 4.79 Å². The van der Waals surface area contributed by atoms with Crippen molar-refractivity contribution < 1.29 is 9.53 Å². The smallest absolute Gasteiger partial charge is 0.223 e. The highest BCUT2D eigenvalue weighted by atomic mass is 16.5. The van der Waals surface area contributed by atoms with E-state index in [0.717, 1.165) is 36.3 Å². The first kappa shape index (κ1) is 16.5. The minimum absolute atomic E-state index is 0.0683. The Kier molecular flexibility index (Phi) is 5.49. The SMILES string of the molecule is NC[C@H]1CCC[C@H]1C(=O)NCc1cccc(Oc2ccccc2)c1. The van der Waals surface area contributed by atoms with Gasteiger partial charge in [-0.15, -0.1) is 0 Å². The second-order valence-electron chi connectivity index (χ2n) is 6.31. The lowest BCUT2D eigenvalue weighted by atomic mass is 9.95. The molecule has 0 spiro atoms. The number of hydrogen-bond donors (Lipinski definition) is 2. The zero-order valence-electron chi connectivity index (χ0n) is 13.8. The molecule has 1 amide bonds. The number of rotatable bonds is 6. The molecule has 0 bridgehead atoms. The number of carbonyl (C=O) groups is 1. The molecular weight excluding hydrogens is 300 g/mol. The maximum absolute atomic E-state index is 12.4. The molecule has 0 radical (unpaired) electrons. The number of nitrogens with two attached hydrogens (primary N) is 1. The van der Waals surface area contributed by atoms with Gasteiger partial charge in [-0.05, 0) is 55.1 Å². The molecule has 24 heavy (non-hydrogen) atoms. The van der Waals surface area contributed by atoms with Gasteiger partial charge < -0.3 is 15.8 Å². The third kappa shape index (κ3) is 4.15. The molecule has 0 unspecified atom stereocenters. The van der Waals surface area contributed by atoms with Crippen LogP contribution in [0.3, 0.4) is 0 Å². The molecule has 1 aliphatic rings. The summed E-state index contributed by atoms with van der Waals surface area (Å²) in [6, 6.07) is 17.5. The summed E-state index contributed by atoms with van der Waals surface area (Å²) >= 11 is 0. The van der Waals surface area contributed by atoms with Crippen LogP contribution >= 0.6 is 0 Å². The largest absolute Gasteiger partial charge is 0.457 e. The van der Waals surface area contributed by atoms with Gasteiger partial charge in [0.1, 0.15) is 11.5 Å². The van der Waals surface area contributed by atoms with E-state index in [0.29, 0.717) is 19.0 Å². The molecular formula is C20H24N2O2. The fourth-order valence-corrected chi connectivity index (χ4v) is 3.33. The van der Waals surface area contributed by atoms with E-state index in [2.05, 4.69) is 5.32 Å². The summed E-state index contributed by atoms with van der Waals surface area (Å²) in [5.41, 5.74) is 6.79. The van der Waals surface area contributed by atoms with Crippen molar-refractivity contribution in [3.8, 4) is 11.5 Å². The standard InChI is InChI=1S/C20H24N2O2/c21-13-16-7-5-11-19(16)20(23)22-14-15-6-4-10-18(12-15)24-17-8-2-1-3-9-17/h1-4,6,8-10,12,16,19H,5,7,11,13-14,21H2,(H,22,23)/t16-,19-/m1/s1. The molecule has 2 atom stereocenters. The molecule has 3 N–H and O–H groups in total. The van der Waals surface area contributed by atoms with Crippen LogP contribution in [0.2, 0.25) is 0 Å². The molecule has 0 aromatic heterocycles. The van der Waals surface area contributed by atoms with Crippen LogP contribution < -0.4 is 15.8 Å². The number of ether oxygens (including phenoxy) is 1. The van der Waals surface area contributed by atoms with Crippen LogP contribution in [0.25, 0.3) is 0 Å². The molecule has 1 aliphatic carbocycles. The van der Waals surface area contributed by atoms with Crippen LogP contribution in [0.4, 0.5) is 0 Å². The van der Waals surface area contributed by atoms with Crippen LogP contribution in [0.15, 0.2) is 54.6 Å². The zero-order valence-corrected chi connectivity index (χ0v) is 13.8. The Morgan fingerprint density at radius 3 is 2.67 bits per heavy atom. The highest BCUT2D eigenvalue weighted by Crippen LogP contribution is 2.31. The number of hydrogen-bond acceptors (Lipinski definition) is 3. The van der Waals surface area contributed by atoms with Crippen LogP contribution in [0.5, 0.6) is 11.5 Å². The molecule has 2 aromatic rings. The van der Waals surface area contributed by atoms with Crippen molar-refractivity contribution in [2.24, 2.45) is 17.6 Å². The summed E-state index contributed by atoms with van der Waals surface area (Å²) < 4.78 is 5.83. The summed E-state index contributed by atoms with van der Waals surface area (Å²) in [4.78, 5) is 12.4. The molecule has 0 saturated heterocycles. The lowest BCUT2D eigenvalue weighted by molar-refractivity contribution is -0.126. The van der Waals surface area contributed by atoms with Gasteiger partial charge in [0.25, 0.3) is 0 Å². The van der Waals surface area contributed by atoms with Crippen LogP contribution in [0.1, 0.15) is 24.8 Å². The van der Waals surface area contributed by atoms with E-state index in [-0.39, 0.29) is 11.8 Å². The highest BCUT2D eigenvalue weighted by molar-refractivity contribution is 5.79. The van der Waals surface area contributed by atoms with Crippen LogP contribution in [0, 0.1) is 11.8 Å². The fraction of sp³-hybridized carbons (Fsp3) is 0.350. The van der Waals surface area contributed by atoms with Crippen molar-refractivity contribution in [1.82, 2.24) is 5.32 Å². The predicted octanol–water partition coefficient (Wildman–Crippen LogP) is 3.47. The predicted molar refractivity (Wildman–Crippen MR) is 94.7 cm³/mol. The van der Waals surface area contributed by atoms with Gasteiger partial charge in [0, 0.05) is 12.5 Å². The van der Waals surface area contributed by atoms with E-state index in [1.54, 1.807) is 0 Å². The topological polar surface area (TPSA) is 64.4 Å². The van der Waals surface area contributed by atoms with E-state index < -0.39 is 0 Å². The Labute approximate surface area is 143 Å². The van der Waals surface area contributed by atoms with Crippen molar-refractivity contribution in [2.45, 2.75) is 25.8 Å². The molecule has 1 saturated carbocycles. The van der Waals surface area contributed by atoms with E-state index in [1.165, 1.54) is 0 Å². The Balaban J connectivity index is 1.57. The van der Waals surface area contributed by atoms with E-state index in [4.69, 9.17) is 10.5 Å². The first-order valence-corrected chi connectivity index (χ1v) is 8.56. The van der Waals surface area contributed by atoms with Crippen molar-refractivity contribution in [1.29, 1.82) is 0 Å². The molecule has 3 rings (SSSR count). The van der Waals surface area contributed by atoms with Crippen LogP contribution in [-0.4, -0.2) is 12.5 Å². The quantitative estimate of drug-likeness (QED) is 0.855. The van der Waals surface area contributed by atoms with Gasteiger partial charge in [-0.25, -0.2) is 0 Å². The third-order valence-corrected chi connectivity index (χ3v) is 4.64. The fourth-order valence-electron chi connectivity index (χ4n) is 3.33. The molecule has 4 heteroatoms. The van der Waals surface area contributed by atoms with Crippen molar-refractivity contribution in [3.05, 3.63) is 60.2 Å². The molecule has 4 nitrogen and oxygen atoms in total. The normalized spacial score (nSPS) is 19.9. The second kappa shape index (κ2) is 7.97. The van der Waals surface area contributed by atoms with Gasteiger partial charge in [-0.3, -0.25) is 4.79 Å². The third-order valence-electron chi connectivity index (χ3n) is 4.64. The number of carbonyl (C=O) groups excluding carboxylic acids is 1. The van der Waals surface area contributed by atoms with Gasteiger partial charge in [0.05, 0.1) is 0 Å². The number of benzene rings is 2. The summed E-state index contributed by atoms with van der Waals surface area (Å²) in [6.07, 6.45) is 3.11. The minimum atomic E-state index is 0.0683. The Morgan fingerprint density at radius 2 is 1.88 bits per heavy atom. The Morgan fingerprint density at radius 1 is 1.08 bits per heavy atom. The van der Waals surface area contributed by atoms with E-state index in [1.807, 2.05) is 54.6 Å². The molecule has 2 aromatic carbocycles. The van der Waals surface area contributed by atoms with Crippen molar-refractivity contribution in [2.75, 3.05) is 6.54 Å². The van der Waals surface area contributed by atoms with Gasteiger partial charge >= 0.3 is 0 Å². The summed E-state index contributed by atoms with van der Waals surface area (Å²) in [5.74, 6) is 2.10. The summed E-state index contributed by atoms with van der Waals surface area (Å²) in [5, 5.41) is 3.05. The molecule has 126 valence electrons. The molecule has 0 heterocycles. The average Bonchev–Trinajstić information content (AvgIpc) is 3.10. The summed E-state index contributed by atoms with van der Waals surface area (Å²) in [6.45, 7) is 1.11. The summed E-state index contributed by atoms with van der Waals surface area (Å²) in [7, 11) is 0.